The molecule has 1 unspecified atom stereocenters. The van der Waals surface area contributed by atoms with Crippen molar-refractivity contribution in [2.75, 3.05) is 25.6 Å². The van der Waals surface area contributed by atoms with Crippen LogP contribution in [0.2, 0.25) is 0 Å². The van der Waals surface area contributed by atoms with E-state index in [1.54, 1.807) is 4.57 Å². The van der Waals surface area contributed by atoms with E-state index >= 15 is 0 Å². The molecule has 0 bridgehead atoms. The van der Waals surface area contributed by atoms with E-state index in [4.69, 9.17) is 15.2 Å². The van der Waals surface area contributed by atoms with E-state index in [2.05, 4.69) is 60.0 Å². The zero-order valence-electron chi connectivity index (χ0n) is 20.8. The van der Waals surface area contributed by atoms with Crippen LogP contribution in [-0.2, 0) is 21.6 Å². The van der Waals surface area contributed by atoms with Gasteiger partial charge in [0.1, 0.15) is 11.7 Å². The Morgan fingerprint density at radius 3 is 2.22 bits per heavy atom. The third-order valence-electron chi connectivity index (χ3n) is 6.29. The molecular weight excluding hydrogens is 458 g/mol. The molecule has 2 heterocycles. The number of nitrogen functional groups attached to an aromatic ring is 1. The van der Waals surface area contributed by atoms with E-state index in [0.29, 0.717) is 12.2 Å². The third kappa shape index (κ3) is 5.04. The van der Waals surface area contributed by atoms with Crippen molar-refractivity contribution in [1.29, 1.82) is 0 Å². The summed E-state index contributed by atoms with van der Waals surface area (Å²) in [4.78, 5) is 22.7. The van der Waals surface area contributed by atoms with Gasteiger partial charge >= 0.3 is 0 Å². The molecule has 0 amide bonds. The molecule has 190 valence electrons. The zero-order valence-corrected chi connectivity index (χ0v) is 20.8. The predicted octanol–water partition coefficient (Wildman–Crippen LogP) is 3.09. The fourth-order valence-electron chi connectivity index (χ4n) is 4.59. The molecule has 9 heteroatoms. The lowest BCUT2D eigenvalue weighted by molar-refractivity contribution is -0.136. The minimum absolute atomic E-state index is 0.0251. The van der Waals surface area contributed by atoms with Gasteiger partial charge < -0.3 is 24.9 Å². The van der Waals surface area contributed by atoms with Gasteiger partial charge in [-0.3, -0.25) is 9.78 Å². The Morgan fingerprint density at radius 1 is 1.06 bits per heavy atom. The Kier molecular flexibility index (Phi) is 7.53. The number of aromatic amines is 1. The Labute approximate surface area is 209 Å². The highest BCUT2D eigenvalue weighted by molar-refractivity contribution is 5.70. The molecule has 2 aromatic heterocycles. The number of hydrogen-bond donors (Lipinski definition) is 3. The summed E-state index contributed by atoms with van der Waals surface area (Å²) in [5.41, 5.74) is 6.85. The largest absolute Gasteiger partial charge is 0.394 e. The maximum atomic E-state index is 12.0. The number of nitrogens with one attached hydrogen (secondary N) is 1. The lowest BCUT2D eigenvalue weighted by atomic mass is 9.68. The molecule has 2 aromatic carbocycles. The van der Waals surface area contributed by atoms with Crippen LogP contribution in [0.4, 0.5) is 5.95 Å². The summed E-state index contributed by atoms with van der Waals surface area (Å²) in [5.74, 6) is 0.0251. The first kappa shape index (κ1) is 25.6. The minimum Gasteiger partial charge on any atom is -0.394 e. The maximum absolute atomic E-state index is 12.0. The number of aliphatic hydroxyl groups is 1. The Bertz CT molecular complexity index is 1290. The molecular formula is C27H33N5O4. The number of hydrogen-bond acceptors (Lipinski definition) is 7. The second-order valence-corrected chi connectivity index (χ2v) is 9.71. The topological polar surface area (TPSA) is 128 Å². The first-order valence-electron chi connectivity index (χ1n) is 11.9. The molecule has 0 aliphatic rings. The molecule has 0 spiro atoms. The average molecular weight is 492 g/mol. The number of nitrogens with zero attached hydrogens (tertiary/aromatic N) is 3. The van der Waals surface area contributed by atoms with Gasteiger partial charge in [-0.2, -0.15) is 4.98 Å². The van der Waals surface area contributed by atoms with Crippen molar-refractivity contribution in [1.82, 2.24) is 19.5 Å². The molecule has 0 fully saturated rings. The summed E-state index contributed by atoms with van der Waals surface area (Å²) in [7, 11) is 0. The highest BCUT2D eigenvalue weighted by Crippen LogP contribution is 2.48. The van der Waals surface area contributed by atoms with Crippen LogP contribution in [0, 0.1) is 5.41 Å². The van der Waals surface area contributed by atoms with Crippen molar-refractivity contribution in [2.24, 2.45) is 5.41 Å². The SMILES string of the molecule is CC(C)(C)C(OCC(CO)OCCn1cnc2c(=O)[nH]c(N)nc21)(c1ccccc1)c1ccccc1. The first-order chi connectivity index (χ1) is 17.3. The van der Waals surface area contributed by atoms with Crippen LogP contribution in [0.15, 0.2) is 71.8 Å². The standard InChI is InChI=1S/C27H33N5O4/c1-26(2,3)27(19-10-6-4-7-11-19,20-12-8-5-9-13-20)36-17-21(16-33)35-15-14-32-18-29-22-23(32)30-25(28)31-24(22)34/h4-13,18,21,33H,14-17H2,1-3H3,(H3,28,30,31,34). The first-order valence-corrected chi connectivity index (χ1v) is 11.9. The van der Waals surface area contributed by atoms with E-state index in [0.717, 1.165) is 11.1 Å². The third-order valence-corrected chi connectivity index (χ3v) is 6.29. The molecule has 4 N–H and O–H groups in total. The smallest absolute Gasteiger partial charge is 0.280 e. The van der Waals surface area contributed by atoms with Gasteiger partial charge in [0.25, 0.3) is 5.56 Å². The van der Waals surface area contributed by atoms with Crippen LogP contribution in [0.25, 0.3) is 11.2 Å². The van der Waals surface area contributed by atoms with Crippen LogP contribution in [0.5, 0.6) is 0 Å². The van der Waals surface area contributed by atoms with Gasteiger partial charge in [-0.25, -0.2) is 4.98 Å². The molecule has 0 radical (unpaired) electrons. The van der Waals surface area contributed by atoms with E-state index in [1.807, 2.05) is 36.4 Å². The Balaban J connectivity index is 1.52. The number of aliphatic hydroxyl groups excluding tert-OH is 1. The molecule has 0 aliphatic carbocycles. The van der Waals surface area contributed by atoms with Gasteiger partial charge in [-0.15, -0.1) is 0 Å². The van der Waals surface area contributed by atoms with Crippen LogP contribution in [-0.4, -0.2) is 50.6 Å². The monoisotopic (exact) mass is 491 g/mol. The maximum Gasteiger partial charge on any atom is 0.280 e. The summed E-state index contributed by atoms with van der Waals surface area (Å²) in [6.45, 7) is 7.04. The molecule has 0 saturated heterocycles. The fraction of sp³-hybridized carbons (Fsp3) is 0.370. The normalized spacial score (nSPS) is 13.2. The van der Waals surface area contributed by atoms with E-state index in [-0.39, 0.29) is 42.3 Å². The van der Waals surface area contributed by atoms with Crippen molar-refractivity contribution in [2.45, 2.75) is 39.0 Å². The summed E-state index contributed by atoms with van der Waals surface area (Å²) in [5, 5.41) is 10.1. The van der Waals surface area contributed by atoms with Crippen LogP contribution >= 0.6 is 0 Å². The average Bonchev–Trinajstić information content (AvgIpc) is 3.26. The van der Waals surface area contributed by atoms with Gasteiger partial charge in [0.05, 0.1) is 26.1 Å². The summed E-state index contributed by atoms with van der Waals surface area (Å²) >= 11 is 0. The fourth-order valence-corrected chi connectivity index (χ4v) is 4.59. The zero-order chi connectivity index (χ0) is 25.8. The predicted molar refractivity (Wildman–Crippen MR) is 138 cm³/mol. The van der Waals surface area contributed by atoms with E-state index in [1.165, 1.54) is 6.33 Å². The minimum atomic E-state index is -0.769. The van der Waals surface area contributed by atoms with Crippen molar-refractivity contribution < 1.29 is 14.6 Å². The second-order valence-electron chi connectivity index (χ2n) is 9.71. The van der Waals surface area contributed by atoms with Crippen molar-refractivity contribution in [3.63, 3.8) is 0 Å². The summed E-state index contributed by atoms with van der Waals surface area (Å²) < 4.78 is 14.4. The van der Waals surface area contributed by atoms with Gasteiger partial charge in [-0.05, 0) is 16.5 Å². The molecule has 0 saturated carbocycles. The van der Waals surface area contributed by atoms with Gasteiger partial charge in [-0.1, -0.05) is 81.4 Å². The molecule has 0 aliphatic heterocycles. The second kappa shape index (κ2) is 10.6. The van der Waals surface area contributed by atoms with Crippen LogP contribution < -0.4 is 11.3 Å². The lowest BCUT2D eigenvalue weighted by Gasteiger charge is -2.46. The van der Waals surface area contributed by atoms with Crippen LogP contribution in [0.1, 0.15) is 31.9 Å². The molecule has 4 rings (SSSR count). The number of aromatic nitrogens is 4. The lowest BCUT2D eigenvalue weighted by Crippen LogP contribution is -2.46. The molecule has 36 heavy (non-hydrogen) atoms. The number of nitrogens with two attached hydrogens (primary N) is 1. The van der Waals surface area contributed by atoms with E-state index in [9.17, 15) is 9.90 Å². The Morgan fingerprint density at radius 2 is 1.67 bits per heavy atom. The number of benzene rings is 2. The summed E-state index contributed by atoms with van der Waals surface area (Å²) in [6.07, 6.45) is 0.964. The van der Waals surface area contributed by atoms with Crippen molar-refractivity contribution in [3.8, 4) is 0 Å². The van der Waals surface area contributed by atoms with E-state index < -0.39 is 11.7 Å². The highest BCUT2D eigenvalue weighted by Gasteiger charge is 2.46. The summed E-state index contributed by atoms with van der Waals surface area (Å²) in [6, 6.07) is 20.2. The molecule has 1 atom stereocenters. The van der Waals surface area contributed by atoms with Gasteiger partial charge in [0.2, 0.25) is 5.95 Å². The molecule has 4 aromatic rings. The number of anilines is 1. The molecule has 9 nitrogen and oxygen atoms in total. The number of ether oxygens (including phenoxy) is 2. The quantitative estimate of drug-likeness (QED) is 0.311. The van der Waals surface area contributed by atoms with Crippen LogP contribution in [0.3, 0.4) is 0 Å². The number of rotatable bonds is 10. The number of imidazole rings is 1. The van der Waals surface area contributed by atoms with Crippen molar-refractivity contribution >= 4 is 17.1 Å². The number of H-pyrrole nitrogens is 1. The van der Waals surface area contributed by atoms with Gasteiger partial charge in [0, 0.05) is 6.54 Å². The van der Waals surface area contributed by atoms with Gasteiger partial charge in [0.15, 0.2) is 11.2 Å². The number of fused-ring (bicyclic) bond motifs is 1. The highest BCUT2D eigenvalue weighted by atomic mass is 16.6. The van der Waals surface area contributed by atoms with Crippen molar-refractivity contribution in [3.05, 3.63) is 88.5 Å². The Hall–Kier alpha value is -3.53.